The Kier molecular flexibility index (Phi) is 4.32. The van der Waals surface area contributed by atoms with Gasteiger partial charge in [0.05, 0.1) is 11.6 Å². The summed E-state index contributed by atoms with van der Waals surface area (Å²) in [4.78, 5) is 2.17. The van der Waals surface area contributed by atoms with E-state index in [9.17, 15) is 0 Å². The molecular weight excluding hydrogens is 254 g/mol. The summed E-state index contributed by atoms with van der Waals surface area (Å²) in [5, 5.41) is 9.64. The van der Waals surface area contributed by atoms with Crippen LogP contribution in [0.25, 0.3) is 0 Å². The highest BCUT2D eigenvalue weighted by atomic mass is 35.5. The molecule has 1 aromatic rings. The maximum Gasteiger partial charge on any atom is 0.231 e. The number of fused-ring (bicyclic) bond motifs is 1. The monoisotopic (exact) mass is 271 g/mol. The van der Waals surface area contributed by atoms with Crippen LogP contribution < -0.4 is 9.47 Å². The molecule has 1 heterocycles. The number of benzene rings is 1. The predicted molar refractivity (Wildman–Crippen MR) is 70.2 cm³/mol. The van der Waals surface area contributed by atoms with Crippen molar-refractivity contribution in [3.05, 3.63) is 22.7 Å². The third kappa shape index (κ3) is 2.88. The highest BCUT2D eigenvalue weighted by molar-refractivity contribution is 6.32. The Balaban J connectivity index is 2.16. The van der Waals surface area contributed by atoms with E-state index < -0.39 is 0 Å². The number of hydrogen-bond donors (Lipinski definition) is 1. The molecule has 0 bridgehead atoms. The summed E-state index contributed by atoms with van der Waals surface area (Å²) in [6.45, 7) is 5.95. The highest BCUT2D eigenvalue weighted by Crippen LogP contribution is 2.40. The van der Waals surface area contributed by atoms with Gasteiger partial charge >= 0.3 is 0 Å². The molecule has 2 rings (SSSR count). The molecule has 1 aliphatic heterocycles. The van der Waals surface area contributed by atoms with Crippen molar-refractivity contribution in [2.24, 2.45) is 0 Å². The van der Waals surface area contributed by atoms with E-state index in [1.54, 1.807) is 0 Å². The van der Waals surface area contributed by atoms with Crippen LogP contribution in [0.4, 0.5) is 0 Å². The molecule has 1 aliphatic rings. The summed E-state index contributed by atoms with van der Waals surface area (Å²) in [7, 11) is 0. The second-order valence-corrected chi connectivity index (χ2v) is 5.01. The molecule has 18 heavy (non-hydrogen) atoms. The fraction of sp³-hybridized carbons (Fsp3) is 0.538. The second-order valence-electron chi connectivity index (χ2n) is 4.60. The average Bonchev–Trinajstić information content (AvgIpc) is 2.77. The number of halogens is 1. The van der Waals surface area contributed by atoms with Crippen LogP contribution in [0.15, 0.2) is 12.1 Å². The van der Waals surface area contributed by atoms with Gasteiger partial charge in [-0.2, -0.15) is 0 Å². The Morgan fingerprint density at radius 2 is 2.17 bits per heavy atom. The molecule has 100 valence electrons. The zero-order valence-corrected chi connectivity index (χ0v) is 11.4. The van der Waals surface area contributed by atoms with E-state index in [1.165, 1.54) is 0 Å². The maximum atomic E-state index is 9.06. The van der Waals surface area contributed by atoms with Gasteiger partial charge in [0, 0.05) is 19.1 Å². The van der Waals surface area contributed by atoms with Gasteiger partial charge in [-0.05, 0) is 31.5 Å². The van der Waals surface area contributed by atoms with Crippen molar-refractivity contribution in [3.8, 4) is 11.5 Å². The molecule has 0 atom stereocenters. The Morgan fingerprint density at radius 3 is 2.83 bits per heavy atom. The van der Waals surface area contributed by atoms with Crippen LogP contribution in [0.1, 0.15) is 19.4 Å². The number of nitrogens with zero attached hydrogens (tertiary/aromatic N) is 1. The van der Waals surface area contributed by atoms with Crippen LogP contribution in [-0.2, 0) is 6.54 Å². The Morgan fingerprint density at radius 1 is 1.39 bits per heavy atom. The van der Waals surface area contributed by atoms with Gasteiger partial charge in [-0.15, -0.1) is 0 Å². The van der Waals surface area contributed by atoms with Gasteiger partial charge in [0.15, 0.2) is 11.5 Å². The maximum absolute atomic E-state index is 9.06. The zero-order chi connectivity index (χ0) is 13.1. The molecule has 1 aromatic carbocycles. The number of rotatable bonds is 5. The minimum atomic E-state index is 0.149. The van der Waals surface area contributed by atoms with Crippen molar-refractivity contribution in [2.75, 3.05) is 19.9 Å². The molecule has 0 fully saturated rings. The van der Waals surface area contributed by atoms with Crippen molar-refractivity contribution >= 4 is 11.6 Å². The summed E-state index contributed by atoms with van der Waals surface area (Å²) < 4.78 is 10.6. The molecule has 0 saturated heterocycles. The van der Waals surface area contributed by atoms with E-state index in [0.717, 1.165) is 12.1 Å². The third-order valence-electron chi connectivity index (χ3n) is 2.99. The van der Waals surface area contributed by atoms with Gasteiger partial charge in [-0.25, -0.2) is 0 Å². The van der Waals surface area contributed by atoms with Crippen molar-refractivity contribution in [3.63, 3.8) is 0 Å². The lowest BCUT2D eigenvalue weighted by Crippen LogP contribution is -2.32. The first-order valence-electron chi connectivity index (χ1n) is 6.04. The van der Waals surface area contributed by atoms with E-state index in [0.29, 0.717) is 29.1 Å². The largest absolute Gasteiger partial charge is 0.454 e. The van der Waals surface area contributed by atoms with Crippen LogP contribution in [0.5, 0.6) is 11.5 Å². The third-order valence-corrected chi connectivity index (χ3v) is 3.27. The minimum absolute atomic E-state index is 0.149. The van der Waals surface area contributed by atoms with E-state index in [-0.39, 0.29) is 13.4 Å². The number of ether oxygens (including phenoxy) is 2. The number of hydrogen-bond acceptors (Lipinski definition) is 4. The Labute approximate surface area is 112 Å². The zero-order valence-electron chi connectivity index (χ0n) is 10.6. The molecule has 0 spiro atoms. The standard InChI is InChI=1S/C13H18ClNO3/c1-9(2)15(3-4-16)7-10-5-11(14)13-12(6-10)17-8-18-13/h5-6,9,16H,3-4,7-8H2,1-2H3. The topological polar surface area (TPSA) is 41.9 Å². The van der Waals surface area contributed by atoms with Gasteiger partial charge in [-0.3, -0.25) is 4.90 Å². The number of aliphatic hydroxyl groups excluding tert-OH is 1. The Bertz CT molecular complexity index is 423. The predicted octanol–water partition coefficient (Wildman–Crippen LogP) is 2.27. The van der Waals surface area contributed by atoms with Crippen molar-refractivity contribution in [2.45, 2.75) is 26.4 Å². The van der Waals surface area contributed by atoms with Crippen LogP contribution in [0.2, 0.25) is 5.02 Å². The van der Waals surface area contributed by atoms with Gasteiger partial charge in [-0.1, -0.05) is 11.6 Å². The van der Waals surface area contributed by atoms with Gasteiger partial charge in [0.2, 0.25) is 6.79 Å². The molecule has 0 aromatic heterocycles. The van der Waals surface area contributed by atoms with Gasteiger partial charge in [0.25, 0.3) is 0 Å². The van der Waals surface area contributed by atoms with Crippen LogP contribution in [-0.4, -0.2) is 36.0 Å². The summed E-state index contributed by atoms with van der Waals surface area (Å²) in [5.41, 5.74) is 1.06. The van der Waals surface area contributed by atoms with Crippen LogP contribution in [0.3, 0.4) is 0 Å². The highest BCUT2D eigenvalue weighted by Gasteiger charge is 2.19. The quantitative estimate of drug-likeness (QED) is 0.892. The van der Waals surface area contributed by atoms with Gasteiger partial charge < -0.3 is 14.6 Å². The molecule has 0 amide bonds. The Hall–Kier alpha value is -0.970. The summed E-state index contributed by atoms with van der Waals surface area (Å²) >= 11 is 6.14. The fourth-order valence-corrected chi connectivity index (χ4v) is 2.28. The van der Waals surface area contributed by atoms with Crippen molar-refractivity contribution in [1.29, 1.82) is 0 Å². The SMILES string of the molecule is CC(C)N(CCO)Cc1cc(Cl)c2c(c1)OCO2. The molecule has 4 nitrogen and oxygen atoms in total. The molecule has 0 aliphatic carbocycles. The smallest absolute Gasteiger partial charge is 0.231 e. The number of aliphatic hydroxyl groups is 1. The first kappa shape index (κ1) is 13.5. The van der Waals surface area contributed by atoms with Crippen molar-refractivity contribution < 1.29 is 14.6 Å². The second kappa shape index (κ2) is 5.78. The first-order chi connectivity index (χ1) is 8.61. The molecule has 1 N–H and O–H groups in total. The summed E-state index contributed by atoms with van der Waals surface area (Å²) in [6.07, 6.45) is 0. The first-order valence-corrected chi connectivity index (χ1v) is 6.42. The van der Waals surface area contributed by atoms with Gasteiger partial charge in [0.1, 0.15) is 0 Å². The van der Waals surface area contributed by atoms with E-state index >= 15 is 0 Å². The summed E-state index contributed by atoms with van der Waals surface area (Å²) in [6, 6.07) is 4.20. The average molecular weight is 272 g/mol. The molecule has 0 saturated carbocycles. The lowest BCUT2D eigenvalue weighted by Gasteiger charge is -2.25. The lowest BCUT2D eigenvalue weighted by molar-refractivity contribution is 0.159. The van der Waals surface area contributed by atoms with Crippen LogP contribution in [0, 0.1) is 0 Å². The molecule has 0 radical (unpaired) electrons. The van der Waals surface area contributed by atoms with E-state index in [1.807, 2.05) is 12.1 Å². The van der Waals surface area contributed by atoms with E-state index in [2.05, 4.69) is 18.7 Å². The fourth-order valence-electron chi connectivity index (χ4n) is 1.99. The molecule has 0 unspecified atom stereocenters. The van der Waals surface area contributed by atoms with Crippen molar-refractivity contribution in [1.82, 2.24) is 4.90 Å². The van der Waals surface area contributed by atoms with E-state index in [4.69, 9.17) is 26.2 Å². The normalized spacial score (nSPS) is 13.7. The minimum Gasteiger partial charge on any atom is -0.454 e. The lowest BCUT2D eigenvalue weighted by atomic mass is 10.1. The molecular formula is C13H18ClNO3. The van der Waals surface area contributed by atoms with Crippen LogP contribution >= 0.6 is 11.6 Å². The molecule has 5 heteroatoms. The summed E-state index contributed by atoms with van der Waals surface area (Å²) in [5.74, 6) is 1.32.